The van der Waals surface area contributed by atoms with Crippen molar-refractivity contribution in [1.82, 2.24) is 0 Å². The number of aromatic hydroxyl groups is 1. The normalized spacial score (nSPS) is 10.8. The summed E-state index contributed by atoms with van der Waals surface area (Å²) in [6.07, 6.45) is 4.99. The van der Waals surface area contributed by atoms with E-state index >= 15 is 0 Å². The monoisotopic (exact) mass is 252 g/mol. The molecule has 0 unspecified atom stereocenters. The quantitative estimate of drug-likeness (QED) is 0.722. The fourth-order valence-corrected chi connectivity index (χ4v) is 2.96. The minimum absolute atomic E-state index is 0.450. The first-order chi connectivity index (χ1) is 8.15. The van der Waals surface area contributed by atoms with Gasteiger partial charge in [0.15, 0.2) is 0 Å². The second-order valence-electron chi connectivity index (χ2n) is 4.65. The second-order valence-corrected chi connectivity index (χ2v) is 5.87. The van der Waals surface area contributed by atoms with Crippen LogP contribution in [0.2, 0.25) is 0 Å². The molecule has 0 aliphatic carbocycles. The number of hydrogen-bond acceptors (Lipinski definition) is 2. The topological polar surface area (TPSA) is 20.2 Å². The number of hydrogen-bond donors (Lipinski definition) is 1. The molecule has 0 saturated carbocycles. The van der Waals surface area contributed by atoms with Gasteiger partial charge in [0.2, 0.25) is 0 Å². The van der Waals surface area contributed by atoms with E-state index in [4.69, 9.17) is 0 Å². The van der Waals surface area contributed by atoms with Crippen LogP contribution in [0.15, 0.2) is 12.1 Å². The van der Waals surface area contributed by atoms with Crippen LogP contribution in [0.1, 0.15) is 42.9 Å². The van der Waals surface area contributed by atoms with Crippen molar-refractivity contribution < 1.29 is 5.11 Å². The van der Waals surface area contributed by atoms with Gasteiger partial charge in [-0.1, -0.05) is 25.5 Å². The fraction of sp³-hybridized carbons (Fsp3) is 0.600. The minimum Gasteiger partial charge on any atom is -0.507 e. The first kappa shape index (κ1) is 14.4. The molecule has 1 N–H and O–H groups in total. The average Bonchev–Trinajstić information content (AvgIpc) is 2.30. The van der Waals surface area contributed by atoms with Gasteiger partial charge in [0.05, 0.1) is 0 Å². The zero-order valence-electron chi connectivity index (χ0n) is 11.3. The number of benzene rings is 1. The second kappa shape index (κ2) is 7.65. The van der Waals surface area contributed by atoms with Gasteiger partial charge in [0.1, 0.15) is 5.75 Å². The van der Waals surface area contributed by atoms with E-state index in [0.29, 0.717) is 5.75 Å². The molecule has 0 aromatic heterocycles. The predicted octanol–water partition coefficient (Wildman–Crippen LogP) is 4.47. The molecular formula is C15H24OS. The van der Waals surface area contributed by atoms with Crippen LogP contribution < -0.4 is 0 Å². The van der Waals surface area contributed by atoms with Gasteiger partial charge >= 0.3 is 0 Å². The summed E-state index contributed by atoms with van der Waals surface area (Å²) in [6, 6.07) is 4.22. The van der Waals surface area contributed by atoms with Crippen LogP contribution >= 0.6 is 11.8 Å². The number of phenolic OH excluding ortho intramolecular Hbond substituents is 1. The van der Waals surface area contributed by atoms with Crippen LogP contribution in [0, 0.1) is 13.8 Å². The van der Waals surface area contributed by atoms with Crippen molar-refractivity contribution in [2.24, 2.45) is 0 Å². The molecule has 0 aliphatic rings. The molecule has 0 aliphatic heterocycles. The summed E-state index contributed by atoms with van der Waals surface area (Å²) in [7, 11) is 0. The van der Waals surface area contributed by atoms with E-state index in [1.807, 2.05) is 13.8 Å². The molecule has 0 radical (unpaired) electrons. The highest BCUT2D eigenvalue weighted by atomic mass is 32.2. The third-order valence-electron chi connectivity index (χ3n) is 2.95. The largest absolute Gasteiger partial charge is 0.507 e. The van der Waals surface area contributed by atoms with Crippen LogP contribution in [-0.4, -0.2) is 16.6 Å². The molecule has 0 bridgehead atoms. The van der Waals surface area contributed by atoms with Crippen molar-refractivity contribution in [3.63, 3.8) is 0 Å². The van der Waals surface area contributed by atoms with Crippen molar-refractivity contribution in [1.29, 1.82) is 0 Å². The molecule has 0 saturated heterocycles. The van der Waals surface area contributed by atoms with E-state index in [0.717, 1.165) is 17.5 Å². The van der Waals surface area contributed by atoms with Crippen LogP contribution in [0.5, 0.6) is 5.75 Å². The number of rotatable bonds is 7. The van der Waals surface area contributed by atoms with Gasteiger partial charge < -0.3 is 5.11 Å². The van der Waals surface area contributed by atoms with E-state index in [1.165, 1.54) is 36.3 Å². The third kappa shape index (κ3) is 5.03. The number of unbranched alkanes of at least 4 members (excludes halogenated alkanes) is 1. The summed E-state index contributed by atoms with van der Waals surface area (Å²) in [5, 5.41) is 9.70. The van der Waals surface area contributed by atoms with E-state index in [2.05, 4.69) is 30.8 Å². The van der Waals surface area contributed by atoms with Crippen LogP contribution in [0.25, 0.3) is 0 Å². The molecule has 1 nitrogen and oxygen atoms in total. The summed E-state index contributed by atoms with van der Waals surface area (Å²) < 4.78 is 0. The Balaban J connectivity index is 2.32. The molecule has 1 aromatic rings. The Hall–Kier alpha value is -0.630. The van der Waals surface area contributed by atoms with Crippen LogP contribution in [-0.2, 0) is 6.42 Å². The fourth-order valence-electron chi connectivity index (χ4n) is 1.92. The van der Waals surface area contributed by atoms with Crippen LogP contribution in [0.3, 0.4) is 0 Å². The Labute approximate surface area is 110 Å². The molecule has 0 fully saturated rings. The molecule has 0 spiro atoms. The Morgan fingerprint density at radius 1 is 1.06 bits per heavy atom. The van der Waals surface area contributed by atoms with Crippen molar-refractivity contribution in [3.05, 3.63) is 28.8 Å². The Morgan fingerprint density at radius 2 is 1.65 bits per heavy atom. The van der Waals surface area contributed by atoms with E-state index in [1.54, 1.807) is 0 Å². The Kier molecular flexibility index (Phi) is 6.49. The standard InChI is InChI=1S/C15H24OS/c1-4-5-8-17-9-6-7-14-10-12(2)15(16)13(3)11-14/h10-11,16H,4-9H2,1-3H3. The summed E-state index contributed by atoms with van der Waals surface area (Å²) in [4.78, 5) is 0. The lowest BCUT2D eigenvalue weighted by Gasteiger charge is -2.07. The molecule has 17 heavy (non-hydrogen) atoms. The number of thioether (sulfide) groups is 1. The van der Waals surface area contributed by atoms with Crippen LogP contribution in [0.4, 0.5) is 0 Å². The first-order valence-corrected chi connectivity index (χ1v) is 7.67. The molecule has 0 heterocycles. The lowest BCUT2D eigenvalue weighted by atomic mass is 10.0. The maximum atomic E-state index is 9.70. The lowest BCUT2D eigenvalue weighted by Crippen LogP contribution is -1.92. The molecular weight excluding hydrogens is 228 g/mol. The predicted molar refractivity (Wildman–Crippen MR) is 78.1 cm³/mol. The van der Waals surface area contributed by atoms with Gasteiger partial charge in [-0.25, -0.2) is 0 Å². The zero-order valence-corrected chi connectivity index (χ0v) is 12.1. The van der Waals surface area contributed by atoms with Crippen molar-refractivity contribution in [2.45, 2.75) is 46.5 Å². The highest BCUT2D eigenvalue weighted by molar-refractivity contribution is 7.99. The highest BCUT2D eigenvalue weighted by Crippen LogP contribution is 2.23. The van der Waals surface area contributed by atoms with E-state index < -0.39 is 0 Å². The van der Waals surface area contributed by atoms with E-state index in [9.17, 15) is 5.11 Å². The van der Waals surface area contributed by atoms with E-state index in [-0.39, 0.29) is 0 Å². The Bertz CT molecular complexity index is 324. The maximum absolute atomic E-state index is 9.70. The summed E-state index contributed by atoms with van der Waals surface area (Å²) in [6.45, 7) is 6.19. The lowest BCUT2D eigenvalue weighted by molar-refractivity contribution is 0.466. The number of phenols is 1. The van der Waals surface area contributed by atoms with Gasteiger partial charge in [-0.05, 0) is 61.3 Å². The number of aryl methyl sites for hydroxylation is 3. The SMILES string of the molecule is CCCCSCCCc1cc(C)c(O)c(C)c1. The highest BCUT2D eigenvalue weighted by Gasteiger charge is 2.03. The van der Waals surface area contributed by atoms with Gasteiger partial charge in [0, 0.05) is 0 Å². The van der Waals surface area contributed by atoms with Gasteiger partial charge in [-0.2, -0.15) is 11.8 Å². The minimum atomic E-state index is 0.450. The summed E-state index contributed by atoms with van der Waals surface area (Å²) in [5.41, 5.74) is 3.35. The Morgan fingerprint density at radius 3 is 2.24 bits per heavy atom. The molecule has 96 valence electrons. The molecule has 0 atom stereocenters. The molecule has 1 aromatic carbocycles. The molecule has 1 rings (SSSR count). The molecule has 0 amide bonds. The van der Waals surface area contributed by atoms with Gasteiger partial charge in [0.25, 0.3) is 0 Å². The maximum Gasteiger partial charge on any atom is 0.121 e. The zero-order chi connectivity index (χ0) is 12.7. The molecule has 2 heteroatoms. The smallest absolute Gasteiger partial charge is 0.121 e. The van der Waals surface area contributed by atoms with Crippen molar-refractivity contribution in [3.8, 4) is 5.75 Å². The summed E-state index contributed by atoms with van der Waals surface area (Å²) in [5.74, 6) is 2.99. The summed E-state index contributed by atoms with van der Waals surface area (Å²) >= 11 is 2.06. The van der Waals surface area contributed by atoms with Gasteiger partial charge in [-0.15, -0.1) is 0 Å². The van der Waals surface area contributed by atoms with Gasteiger partial charge in [-0.3, -0.25) is 0 Å². The first-order valence-electron chi connectivity index (χ1n) is 6.52. The van der Waals surface area contributed by atoms with Crippen molar-refractivity contribution >= 4 is 11.8 Å². The third-order valence-corrected chi connectivity index (χ3v) is 4.10. The van der Waals surface area contributed by atoms with Crippen molar-refractivity contribution in [2.75, 3.05) is 11.5 Å². The average molecular weight is 252 g/mol.